The molecule has 1 fully saturated rings. The summed E-state index contributed by atoms with van der Waals surface area (Å²) in [6, 6.07) is 10.3. The molecular formula is C39H49N3O9. The number of hydrogen-bond acceptors (Lipinski definition) is 10. The van der Waals surface area contributed by atoms with Crippen LogP contribution in [0, 0.1) is 27.9 Å². The number of benzene rings is 2. The molecule has 1 saturated carbocycles. The van der Waals surface area contributed by atoms with Crippen LogP contribution >= 0.6 is 0 Å². The Balaban J connectivity index is 1.66. The number of aromatic hydroxyl groups is 1. The first-order valence-electron chi connectivity index (χ1n) is 17.8. The Hall–Kier alpha value is -4.52. The fraction of sp³-hybridized carbons (Fsp3) is 0.487. The molecule has 0 spiro atoms. The molecule has 1 amide bonds. The van der Waals surface area contributed by atoms with Crippen LogP contribution < -0.4 is 4.74 Å². The SMILES string of the molecule is C=CCO[C@@]12Oc3ccc(O)cc3[C@H]3[C@H](CCCCO)[C@@H](CCCCO)C=C(C(=NOCC)C[C@@H]1N(C)C(=O)C=Cc1ccc([N+](=O)[O-])cc1)[C@H]32. The molecule has 2 aromatic carbocycles. The van der Waals surface area contributed by atoms with Crippen LogP contribution in [0.15, 0.2) is 78.0 Å². The van der Waals surface area contributed by atoms with E-state index in [0.717, 1.165) is 36.8 Å². The summed E-state index contributed by atoms with van der Waals surface area (Å²) in [6.07, 6.45) is 11.7. The Kier molecular flexibility index (Phi) is 12.7. The van der Waals surface area contributed by atoms with Gasteiger partial charge in [0, 0.05) is 56.4 Å². The highest BCUT2D eigenvalue weighted by molar-refractivity contribution is 6.03. The van der Waals surface area contributed by atoms with Crippen LogP contribution in [-0.2, 0) is 14.4 Å². The number of nitro benzene ring substituents is 1. The molecule has 0 saturated heterocycles. The Labute approximate surface area is 298 Å². The van der Waals surface area contributed by atoms with Gasteiger partial charge < -0.3 is 34.5 Å². The van der Waals surface area contributed by atoms with Gasteiger partial charge in [0.25, 0.3) is 5.69 Å². The lowest BCUT2D eigenvalue weighted by atomic mass is 9.55. The van der Waals surface area contributed by atoms with E-state index in [9.17, 15) is 30.2 Å². The van der Waals surface area contributed by atoms with Crippen LogP contribution in [0.2, 0.25) is 0 Å². The summed E-state index contributed by atoms with van der Waals surface area (Å²) < 4.78 is 13.8. The largest absolute Gasteiger partial charge is 0.508 e. The standard InChI is InChI=1S/C39H49N3O9/c1-4-22-49-39-35(41(3)36(46)19-14-26-12-15-28(16-13-26)42(47)48)25-33(40-50-5-2)31-23-27(10-6-8-20-43)30(11-7-9-21-44)37(38(31)39)32-24-29(45)17-18-34(32)51-39/h4,12-19,23-24,27,30,35,37-38,43-45H,1,5-11,20-22,25H2,2-3H3/t27-,30+,35-,37+,38+,39+/m0/s1. The van der Waals surface area contributed by atoms with Crippen molar-refractivity contribution in [2.24, 2.45) is 22.9 Å². The predicted molar refractivity (Wildman–Crippen MR) is 193 cm³/mol. The average molecular weight is 704 g/mol. The molecule has 3 aliphatic rings. The number of carbonyl (C=O) groups excluding carboxylic acids is 1. The Morgan fingerprint density at radius 3 is 2.53 bits per heavy atom. The second kappa shape index (κ2) is 17.1. The van der Waals surface area contributed by atoms with Crippen LogP contribution in [0.5, 0.6) is 11.5 Å². The molecule has 1 aliphatic heterocycles. The molecule has 0 radical (unpaired) electrons. The molecule has 2 aromatic rings. The summed E-state index contributed by atoms with van der Waals surface area (Å²) in [5.74, 6) is -1.62. The predicted octanol–water partition coefficient (Wildman–Crippen LogP) is 6.13. The molecule has 5 rings (SSSR count). The fourth-order valence-electron chi connectivity index (χ4n) is 8.03. The average Bonchev–Trinajstić information content (AvgIpc) is 3.13. The van der Waals surface area contributed by atoms with Gasteiger partial charge in [-0.3, -0.25) is 14.9 Å². The molecule has 12 nitrogen and oxygen atoms in total. The first kappa shape index (κ1) is 37.7. The van der Waals surface area contributed by atoms with Gasteiger partial charge >= 0.3 is 0 Å². The van der Waals surface area contributed by atoms with Crippen molar-refractivity contribution < 1.29 is 39.3 Å². The minimum absolute atomic E-state index is 0.0422. The third-order valence-corrected chi connectivity index (χ3v) is 10.3. The highest BCUT2D eigenvalue weighted by atomic mass is 16.7. The number of aliphatic hydroxyl groups is 2. The second-order valence-corrected chi connectivity index (χ2v) is 13.3. The van der Waals surface area contributed by atoms with Gasteiger partial charge in [-0.05, 0) is 92.0 Å². The van der Waals surface area contributed by atoms with E-state index >= 15 is 0 Å². The lowest BCUT2D eigenvalue weighted by molar-refractivity contribution is -0.384. The third kappa shape index (κ3) is 8.03. The zero-order valence-electron chi connectivity index (χ0n) is 29.4. The van der Waals surface area contributed by atoms with Crippen LogP contribution in [-0.4, -0.2) is 82.1 Å². The van der Waals surface area contributed by atoms with E-state index in [2.05, 4.69) is 17.8 Å². The number of phenolic OH excluding ortho intramolecular Hbond substituents is 1. The maximum atomic E-state index is 14.0. The van der Waals surface area contributed by atoms with Gasteiger partial charge in [0.1, 0.15) is 24.1 Å². The molecular weight excluding hydrogens is 654 g/mol. The first-order chi connectivity index (χ1) is 24.7. The number of phenols is 1. The number of allylic oxidation sites excluding steroid dienone is 1. The Bertz CT molecular complexity index is 1640. The van der Waals surface area contributed by atoms with Gasteiger partial charge in [-0.25, -0.2) is 0 Å². The van der Waals surface area contributed by atoms with Gasteiger partial charge in [-0.15, -0.1) is 6.58 Å². The number of nitro groups is 1. The number of unbranched alkanes of at least 4 members (excludes halogenated alkanes) is 2. The van der Waals surface area contributed by atoms with Gasteiger partial charge in [-0.2, -0.15) is 0 Å². The zero-order valence-corrected chi connectivity index (χ0v) is 29.4. The number of non-ortho nitro benzene ring substituents is 1. The molecule has 0 unspecified atom stereocenters. The quantitative estimate of drug-likeness (QED) is 0.0579. The molecule has 6 atom stereocenters. The summed E-state index contributed by atoms with van der Waals surface area (Å²) in [6.45, 7) is 6.44. The summed E-state index contributed by atoms with van der Waals surface area (Å²) in [5.41, 5.74) is 3.02. The Morgan fingerprint density at radius 2 is 1.86 bits per heavy atom. The summed E-state index contributed by atoms with van der Waals surface area (Å²) >= 11 is 0. The number of oxime groups is 1. The number of hydrogen-bond donors (Lipinski definition) is 3. The van der Waals surface area contributed by atoms with Crippen molar-refractivity contribution in [3.63, 3.8) is 0 Å². The van der Waals surface area contributed by atoms with E-state index in [4.69, 9.17) is 14.3 Å². The summed E-state index contributed by atoms with van der Waals surface area (Å²) in [7, 11) is 1.70. The normalized spacial score (nSPS) is 25.8. The van der Waals surface area contributed by atoms with Crippen LogP contribution in [0.1, 0.15) is 68.9 Å². The van der Waals surface area contributed by atoms with Crippen LogP contribution in [0.25, 0.3) is 6.08 Å². The van der Waals surface area contributed by atoms with Crippen molar-refractivity contribution in [2.75, 3.05) is 33.5 Å². The van der Waals surface area contributed by atoms with E-state index < -0.39 is 22.7 Å². The van der Waals surface area contributed by atoms with Crippen molar-refractivity contribution in [2.45, 2.75) is 69.6 Å². The van der Waals surface area contributed by atoms with Gasteiger partial charge in [0.2, 0.25) is 11.7 Å². The molecule has 1 heterocycles. The van der Waals surface area contributed by atoms with Crippen molar-refractivity contribution in [1.29, 1.82) is 0 Å². The highest BCUT2D eigenvalue weighted by Crippen LogP contribution is 2.61. The fourth-order valence-corrected chi connectivity index (χ4v) is 8.03. The third-order valence-electron chi connectivity index (χ3n) is 10.3. The summed E-state index contributed by atoms with van der Waals surface area (Å²) in [5, 5.41) is 45.9. The summed E-state index contributed by atoms with van der Waals surface area (Å²) in [4.78, 5) is 32.0. The monoisotopic (exact) mass is 703 g/mol. The van der Waals surface area contributed by atoms with E-state index in [0.29, 0.717) is 36.5 Å². The van der Waals surface area contributed by atoms with Crippen molar-refractivity contribution in [3.05, 3.63) is 94.1 Å². The van der Waals surface area contributed by atoms with Gasteiger partial charge in [-0.1, -0.05) is 30.1 Å². The second-order valence-electron chi connectivity index (χ2n) is 13.3. The highest BCUT2D eigenvalue weighted by Gasteiger charge is 2.65. The van der Waals surface area contributed by atoms with E-state index in [1.807, 2.05) is 6.92 Å². The number of fused-ring (bicyclic) bond motifs is 2. The Morgan fingerprint density at radius 1 is 1.14 bits per heavy atom. The van der Waals surface area contributed by atoms with Crippen molar-refractivity contribution >= 4 is 23.4 Å². The molecule has 3 N–H and O–H groups in total. The first-order valence-corrected chi connectivity index (χ1v) is 17.8. The van der Waals surface area contributed by atoms with Crippen LogP contribution in [0.3, 0.4) is 0 Å². The smallest absolute Gasteiger partial charge is 0.269 e. The number of nitrogens with zero attached hydrogens (tertiary/aromatic N) is 3. The zero-order chi connectivity index (χ0) is 36.5. The maximum absolute atomic E-state index is 14.0. The number of aliphatic hydroxyl groups excluding tert-OH is 2. The van der Waals surface area contributed by atoms with Gasteiger partial charge in [0.05, 0.1) is 23.2 Å². The van der Waals surface area contributed by atoms with E-state index in [1.54, 1.807) is 54.4 Å². The molecule has 51 heavy (non-hydrogen) atoms. The number of ether oxygens (including phenoxy) is 2. The van der Waals surface area contributed by atoms with Gasteiger partial charge in [0.15, 0.2) is 0 Å². The topological polar surface area (TPSA) is 164 Å². The maximum Gasteiger partial charge on any atom is 0.269 e. The lowest BCUT2D eigenvalue weighted by Crippen LogP contribution is -2.69. The number of likely N-dealkylation sites (N-methyl/N-ethyl adjacent to an activating group) is 1. The number of rotatable bonds is 17. The lowest BCUT2D eigenvalue weighted by Gasteiger charge is -2.59. The van der Waals surface area contributed by atoms with Crippen molar-refractivity contribution in [3.8, 4) is 11.5 Å². The minimum Gasteiger partial charge on any atom is -0.508 e. The molecule has 0 bridgehead atoms. The molecule has 12 heteroatoms. The van der Waals surface area contributed by atoms with Crippen LogP contribution in [0.4, 0.5) is 5.69 Å². The molecule has 2 aliphatic carbocycles. The molecule has 0 aromatic heterocycles. The van der Waals surface area contributed by atoms with E-state index in [1.165, 1.54) is 18.2 Å². The minimum atomic E-state index is -1.39. The number of amides is 1. The molecule has 274 valence electrons. The van der Waals surface area contributed by atoms with Crippen molar-refractivity contribution in [1.82, 2.24) is 4.90 Å². The van der Waals surface area contributed by atoms with E-state index in [-0.39, 0.29) is 61.3 Å². The number of carbonyl (C=O) groups is 1.